The topological polar surface area (TPSA) is 58.2 Å². The second-order valence-corrected chi connectivity index (χ2v) is 6.98. The smallest absolute Gasteiger partial charge is 0.259 e. The molecule has 1 unspecified atom stereocenters. The second-order valence-electron chi connectivity index (χ2n) is 6.98. The summed E-state index contributed by atoms with van der Waals surface area (Å²) in [4.78, 5) is 23.2. The van der Waals surface area contributed by atoms with Crippen LogP contribution in [0.15, 0.2) is 18.2 Å². The normalized spacial score (nSPS) is 24.2. The first-order chi connectivity index (χ1) is 9.94. The van der Waals surface area contributed by atoms with E-state index in [1.165, 1.54) is 19.3 Å². The van der Waals surface area contributed by atoms with Gasteiger partial charge in [-0.05, 0) is 49.3 Å². The van der Waals surface area contributed by atoms with Crippen LogP contribution in [0, 0.1) is 5.41 Å². The summed E-state index contributed by atoms with van der Waals surface area (Å²) in [5.41, 5.74) is 2.33. The van der Waals surface area contributed by atoms with E-state index in [2.05, 4.69) is 24.5 Å². The van der Waals surface area contributed by atoms with Gasteiger partial charge >= 0.3 is 0 Å². The lowest BCUT2D eigenvalue weighted by Gasteiger charge is -2.22. The van der Waals surface area contributed by atoms with E-state index in [1.54, 1.807) is 12.1 Å². The Balaban J connectivity index is 1.73. The molecule has 1 aromatic carbocycles. The van der Waals surface area contributed by atoms with Crippen molar-refractivity contribution in [3.8, 4) is 0 Å². The number of carbonyl (C=O) groups is 2. The molecule has 0 aromatic heterocycles. The second kappa shape index (κ2) is 5.17. The number of imide groups is 1. The molecule has 1 heterocycles. The molecule has 2 aliphatic rings. The molecule has 0 saturated heterocycles. The highest BCUT2D eigenvalue weighted by atomic mass is 16.2. The predicted molar refractivity (Wildman–Crippen MR) is 82.5 cm³/mol. The summed E-state index contributed by atoms with van der Waals surface area (Å²) >= 11 is 0. The minimum absolute atomic E-state index is 0.291. The van der Waals surface area contributed by atoms with Crippen molar-refractivity contribution < 1.29 is 9.59 Å². The molecule has 4 heteroatoms. The Bertz CT molecular complexity index is 592. The van der Waals surface area contributed by atoms with Crippen LogP contribution in [0.25, 0.3) is 0 Å². The lowest BCUT2D eigenvalue weighted by molar-refractivity contribution is 0.0879. The maximum Gasteiger partial charge on any atom is 0.259 e. The van der Waals surface area contributed by atoms with Gasteiger partial charge in [-0.25, -0.2) is 0 Å². The SMILES string of the molecule is CC1(C)CCCC(Nc2ccc3c(c2)C(=O)NC3=O)CC1. The summed E-state index contributed by atoms with van der Waals surface area (Å²) in [5, 5.41) is 5.86. The Morgan fingerprint density at radius 1 is 1.10 bits per heavy atom. The zero-order valence-corrected chi connectivity index (χ0v) is 12.7. The number of carbonyl (C=O) groups excluding carboxylic acids is 2. The van der Waals surface area contributed by atoms with Crippen LogP contribution in [-0.2, 0) is 0 Å². The molecule has 1 saturated carbocycles. The molecule has 21 heavy (non-hydrogen) atoms. The Labute approximate surface area is 125 Å². The minimum Gasteiger partial charge on any atom is -0.382 e. The first-order valence-corrected chi connectivity index (χ1v) is 7.71. The summed E-state index contributed by atoms with van der Waals surface area (Å²) < 4.78 is 0. The molecular weight excluding hydrogens is 264 g/mol. The lowest BCUT2D eigenvalue weighted by atomic mass is 9.85. The van der Waals surface area contributed by atoms with Crippen LogP contribution in [0.3, 0.4) is 0 Å². The van der Waals surface area contributed by atoms with Crippen LogP contribution in [0.2, 0.25) is 0 Å². The van der Waals surface area contributed by atoms with E-state index in [1.807, 2.05) is 6.07 Å². The Hall–Kier alpha value is -1.84. The zero-order chi connectivity index (χ0) is 15.0. The monoisotopic (exact) mass is 286 g/mol. The molecule has 4 nitrogen and oxygen atoms in total. The van der Waals surface area contributed by atoms with Crippen molar-refractivity contribution in [3.63, 3.8) is 0 Å². The van der Waals surface area contributed by atoms with E-state index in [4.69, 9.17) is 0 Å². The van der Waals surface area contributed by atoms with Crippen molar-refractivity contribution in [2.45, 2.75) is 52.0 Å². The molecule has 0 radical (unpaired) electrons. The molecule has 0 bridgehead atoms. The van der Waals surface area contributed by atoms with E-state index in [0.29, 0.717) is 22.6 Å². The first-order valence-electron chi connectivity index (χ1n) is 7.71. The average Bonchev–Trinajstić information content (AvgIpc) is 2.59. The highest BCUT2D eigenvalue weighted by Crippen LogP contribution is 2.34. The molecule has 1 aliphatic heterocycles. The number of fused-ring (bicyclic) bond motifs is 1. The van der Waals surface area contributed by atoms with Crippen molar-refractivity contribution in [2.75, 3.05) is 5.32 Å². The number of benzene rings is 1. The third-order valence-corrected chi connectivity index (χ3v) is 4.68. The molecule has 1 atom stereocenters. The maximum absolute atomic E-state index is 11.7. The van der Waals surface area contributed by atoms with Crippen molar-refractivity contribution in [2.24, 2.45) is 5.41 Å². The Kier molecular flexibility index (Phi) is 3.47. The fourth-order valence-electron chi connectivity index (χ4n) is 3.30. The van der Waals surface area contributed by atoms with Crippen LogP contribution < -0.4 is 10.6 Å². The van der Waals surface area contributed by atoms with Crippen molar-refractivity contribution in [1.82, 2.24) is 5.32 Å². The lowest BCUT2D eigenvalue weighted by Crippen LogP contribution is -2.20. The average molecular weight is 286 g/mol. The largest absolute Gasteiger partial charge is 0.382 e. The number of anilines is 1. The van der Waals surface area contributed by atoms with E-state index in [0.717, 1.165) is 18.5 Å². The van der Waals surface area contributed by atoms with Crippen LogP contribution in [-0.4, -0.2) is 17.9 Å². The zero-order valence-electron chi connectivity index (χ0n) is 12.7. The van der Waals surface area contributed by atoms with Crippen molar-refractivity contribution in [1.29, 1.82) is 0 Å². The van der Waals surface area contributed by atoms with Gasteiger partial charge in [-0.2, -0.15) is 0 Å². The molecule has 2 N–H and O–H groups in total. The molecule has 1 fully saturated rings. The van der Waals surface area contributed by atoms with Crippen molar-refractivity contribution in [3.05, 3.63) is 29.3 Å². The van der Waals surface area contributed by atoms with Gasteiger partial charge in [0.05, 0.1) is 11.1 Å². The van der Waals surface area contributed by atoms with E-state index >= 15 is 0 Å². The summed E-state index contributed by atoms with van der Waals surface area (Å²) in [6, 6.07) is 5.88. The first kappa shape index (κ1) is 14.1. The third-order valence-electron chi connectivity index (χ3n) is 4.68. The van der Waals surface area contributed by atoms with Crippen LogP contribution >= 0.6 is 0 Å². The maximum atomic E-state index is 11.7. The van der Waals surface area contributed by atoms with Gasteiger partial charge in [-0.1, -0.05) is 20.3 Å². The summed E-state index contributed by atoms with van der Waals surface area (Å²) in [6.07, 6.45) is 6.02. The molecule has 1 aromatic rings. The van der Waals surface area contributed by atoms with Gasteiger partial charge in [0.1, 0.15) is 0 Å². The molecule has 0 spiro atoms. The molecular formula is C17H22N2O2. The molecule has 2 amide bonds. The van der Waals surface area contributed by atoms with Gasteiger partial charge in [-0.3, -0.25) is 14.9 Å². The molecule has 3 rings (SSSR count). The van der Waals surface area contributed by atoms with E-state index in [-0.39, 0.29) is 11.8 Å². The summed E-state index contributed by atoms with van der Waals surface area (Å²) in [6.45, 7) is 4.67. The number of amides is 2. The Morgan fingerprint density at radius 2 is 1.86 bits per heavy atom. The fourth-order valence-corrected chi connectivity index (χ4v) is 3.30. The van der Waals surface area contributed by atoms with Crippen LogP contribution in [0.5, 0.6) is 0 Å². The number of hydrogen-bond donors (Lipinski definition) is 2. The van der Waals surface area contributed by atoms with Gasteiger partial charge in [0, 0.05) is 11.7 Å². The standard InChI is InChI=1S/C17H22N2O2/c1-17(2)8-3-4-11(7-9-17)18-12-5-6-13-14(10-12)16(21)19-15(13)20/h5-6,10-11,18H,3-4,7-9H2,1-2H3,(H,19,20,21). The van der Waals surface area contributed by atoms with Gasteiger partial charge < -0.3 is 5.32 Å². The van der Waals surface area contributed by atoms with Gasteiger partial charge in [-0.15, -0.1) is 0 Å². The van der Waals surface area contributed by atoms with Crippen LogP contribution in [0.1, 0.15) is 66.7 Å². The van der Waals surface area contributed by atoms with Gasteiger partial charge in [0.2, 0.25) is 0 Å². The van der Waals surface area contributed by atoms with E-state index < -0.39 is 0 Å². The van der Waals surface area contributed by atoms with Crippen molar-refractivity contribution >= 4 is 17.5 Å². The number of hydrogen-bond acceptors (Lipinski definition) is 3. The van der Waals surface area contributed by atoms with Crippen LogP contribution in [0.4, 0.5) is 5.69 Å². The van der Waals surface area contributed by atoms with Gasteiger partial charge in [0.25, 0.3) is 11.8 Å². The number of nitrogens with one attached hydrogen (secondary N) is 2. The minimum atomic E-state index is -0.294. The molecule has 112 valence electrons. The van der Waals surface area contributed by atoms with E-state index in [9.17, 15) is 9.59 Å². The molecule has 1 aliphatic carbocycles. The van der Waals surface area contributed by atoms with Gasteiger partial charge in [0.15, 0.2) is 0 Å². The highest BCUT2D eigenvalue weighted by molar-refractivity contribution is 6.21. The summed E-state index contributed by atoms with van der Waals surface area (Å²) in [5.74, 6) is -0.585. The predicted octanol–water partition coefficient (Wildman–Crippen LogP) is 3.34. The quantitative estimate of drug-likeness (QED) is 0.647. The fraction of sp³-hybridized carbons (Fsp3) is 0.529. The summed E-state index contributed by atoms with van der Waals surface area (Å²) in [7, 11) is 0. The highest BCUT2D eigenvalue weighted by Gasteiger charge is 2.28. The Morgan fingerprint density at radius 3 is 2.67 bits per heavy atom. The third kappa shape index (κ3) is 2.94. The number of rotatable bonds is 2.